The number of carbonyl (C=O) groups is 2. The Labute approximate surface area is 207 Å². The summed E-state index contributed by atoms with van der Waals surface area (Å²) in [5.74, 6) is -1.37. The molecule has 1 aliphatic heterocycles. The fourth-order valence-electron chi connectivity index (χ4n) is 3.43. The summed E-state index contributed by atoms with van der Waals surface area (Å²) in [5.41, 5.74) is 0.375. The highest BCUT2D eigenvalue weighted by atomic mass is 35.5. The van der Waals surface area contributed by atoms with E-state index in [2.05, 4.69) is 10.2 Å². The van der Waals surface area contributed by atoms with Gasteiger partial charge in [-0.3, -0.25) is 24.6 Å². The fourth-order valence-corrected chi connectivity index (χ4v) is 5.35. The van der Waals surface area contributed by atoms with Gasteiger partial charge in [-0.1, -0.05) is 53.8 Å². The third-order valence-corrected chi connectivity index (χ3v) is 7.53. The molecule has 1 atom stereocenters. The van der Waals surface area contributed by atoms with Gasteiger partial charge >= 0.3 is 5.91 Å². The number of nitro benzene ring substituents is 1. The number of carbonyl (C=O) groups excluding carboxylic acids is 2. The van der Waals surface area contributed by atoms with E-state index in [4.69, 9.17) is 11.6 Å². The van der Waals surface area contributed by atoms with Gasteiger partial charge in [-0.2, -0.15) is 0 Å². The molecule has 3 aromatic rings. The van der Waals surface area contributed by atoms with E-state index in [9.17, 15) is 24.8 Å². The number of non-ortho nitro benzene ring substituents is 1. The SMILES string of the molecule is CCCSc1nnc(N2C(=O)C(=O)/C(=C(/O)c3ccc([N+](=O)[O-])cc3)C2c2ccc(Cl)cc2)s1. The Bertz CT molecular complexity index is 1290. The molecule has 9 nitrogen and oxygen atoms in total. The van der Waals surface area contributed by atoms with Crippen LogP contribution in [0.15, 0.2) is 58.4 Å². The van der Waals surface area contributed by atoms with Crippen molar-refractivity contribution in [1.82, 2.24) is 10.2 Å². The average molecular weight is 517 g/mol. The van der Waals surface area contributed by atoms with Crippen LogP contribution in [0.2, 0.25) is 5.02 Å². The van der Waals surface area contributed by atoms with E-state index >= 15 is 0 Å². The molecule has 1 aromatic heterocycles. The van der Waals surface area contributed by atoms with E-state index in [1.165, 1.54) is 52.3 Å². The van der Waals surface area contributed by atoms with Gasteiger partial charge in [0.05, 0.1) is 16.5 Å². The number of thioether (sulfide) groups is 1. The van der Waals surface area contributed by atoms with Gasteiger partial charge < -0.3 is 5.11 Å². The lowest BCUT2D eigenvalue weighted by atomic mass is 9.95. The molecule has 34 heavy (non-hydrogen) atoms. The molecule has 12 heteroatoms. The minimum atomic E-state index is -0.982. The van der Waals surface area contributed by atoms with Gasteiger partial charge in [0.2, 0.25) is 5.13 Å². The highest BCUT2D eigenvalue weighted by Gasteiger charge is 2.48. The minimum absolute atomic E-state index is 0.154. The first-order chi connectivity index (χ1) is 16.3. The Balaban J connectivity index is 1.84. The number of anilines is 1. The summed E-state index contributed by atoms with van der Waals surface area (Å²) in [6, 6.07) is 10.6. The summed E-state index contributed by atoms with van der Waals surface area (Å²) in [4.78, 5) is 37.8. The molecule has 0 bridgehead atoms. The molecule has 2 aromatic carbocycles. The Morgan fingerprint density at radius 1 is 1.18 bits per heavy atom. The van der Waals surface area contributed by atoms with Crippen LogP contribution in [0.25, 0.3) is 5.76 Å². The molecule has 1 aliphatic rings. The number of nitrogens with zero attached hydrogens (tertiary/aromatic N) is 4. The van der Waals surface area contributed by atoms with Crippen LogP contribution in [0.3, 0.4) is 0 Å². The van der Waals surface area contributed by atoms with E-state index in [0.29, 0.717) is 14.9 Å². The van der Waals surface area contributed by atoms with Crippen LogP contribution in [-0.2, 0) is 9.59 Å². The van der Waals surface area contributed by atoms with Crippen LogP contribution in [0, 0.1) is 10.1 Å². The Kier molecular flexibility index (Phi) is 6.96. The summed E-state index contributed by atoms with van der Waals surface area (Å²) >= 11 is 8.71. The third-order valence-electron chi connectivity index (χ3n) is 5.01. The Morgan fingerprint density at radius 3 is 2.47 bits per heavy atom. The van der Waals surface area contributed by atoms with Crippen LogP contribution in [0.4, 0.5) is 10.8 Å². The molecule has 1 unspecified atom stereocenters. The number of ketones is 1. The number of benzene rings is 2. The number of aliphatic hydroxyl groups excluding tert-OH is 1. The number of hydrogen-bond donors (Lipinski definition) is 1. The maximum Gasteiger partial charge on any atom is 0.301 e. The lowest BCUT2D eigenvalue weighted by Crippen LogP contribution is -2.29. The summed E-state index contributed by atoms with van der Waals surface area (Å²) in [5, 5.41) is 31.0. The highest BCUT2D eigenvalue weighted by molar-refractivity contribution is 8.01. The van der Waals surface area contributed by atoms with Gasteiger partial charge in [0, 0.05) is 28.5 Å². The van der Waals surface area contributed by atoms with Crippen LogP contribution in [-0.4, -0.2) is 37.7 Å². The lowest BCUT2D eigenvalue weighted by molar-refractivity contribution is -0.384. The number of nitro groups is 1. The number of halogens is 1. The molecular formula is C22H17ClN4O5S2. The normalized spacial score (nSPS) is 17.4. The van der Waals surface area contributed by atoms with Gasteiger partial charge in [-0.05, 0) is 36.2 Å². The van der Waals surface area contributed by atoms with Crippen molar-refractivity contribution < 1.29 is 19.6 Å². The average Bonchev–Trinajstić information content (AvgIpc) is 3.40. The number of amides is 1. The number of aliphatic hydroxyl groups is 1. The summed E-state index contributed by atoms with van der Waals surface area (Å²) < 4.78 is 0.656. The van der Waals surface area contributed by atoms with E-state index in [-0.39, 0.29) is 22.0 Å². The van der Waals surface area contributed by atoms with Gasteiger partial charge in [0.1, 0.15) is 5.76 Å². The lowest BCUT2D eigenvalue weighted by Gasteiger charge is -2.22. The predicted molar refractivity (Wildman–Crippen MR) is 130 cm³/mol. The maximum absolute atomic E-state index is 13.1. The molecule has 0 spiro atoms. The van der Waals surface area contributed by atoms with Crippen molar-refractivity contribution in [2.75, 3.05) is 10.7 Å². The largest absolute Gasteiger partial charge is 0.507 e. The van der Waals surface area contributed by atoms with E-state index < -0.39 is 28.4 Å². The smallest absolute Gasteiger partial charge is 0.301 e. The first-order valence-corrected chi connectivity index (χ1v) is 12.3. The zero-order valence-corrected chi connectivity index (χ0v) is 20.1. The molecule has 1 fully saturated rings. The molecule has 0 radical (unpaired) electrons. The summed E-state index contributed by atoms with van der Waals surface area (Å²) in [6.45, 7) is 2.03. The molecular weight excluding hydrogens is 500 g/mol. The van der Waals surface area contributed by atoms with Crippen molar-refractivity contribution in [3.05, 3.63) is 80.4 Å². The van der Waals surface area contributed by atoms with Gasteiger partial charge in [-0.25, -0.2) is 0 Å². The molecule has 4 rings (SSSR count). The molecule has 1 amide bonds. The topological polar surface area (TPSA) is 127 Å². The standard InChI is InChI=1S/C22H17ClN4O5S2/c1-2-11-33-22-25-24-21(34-22)26-17(12-3-7-14(23)8-4-12)16(19(29)20(26)30)18(28)13-5-9-15(10-6-13)27(31)32/h3-10,17,28H,2,11H2,1H3/b18-16+. The summed E-state index contributed by atoms with van der Waals surface area (Å²) in [6.07, 6.45) is 0.935. The Hall–Kier alpha value is -3.28. The third kappa shape index (κ3) is 4.54. The van der Waals surface area contributed by atoms with Crippen molar-refractivity contribution in [1.29, 1.82) is 0 Å². The monoisotopic (exact) mass is 516 g/mol. The first kappa shape index (κ1) is 23.9. The second kappa shape index (κ2) is 9.92. The quantitative estimate of drug-likeness (QED) is 0.0860. The molecule has 1 N–H and O–H groups in total. The second-order valence-electron chi connectivity index (χ2n) is 7.22. The van der Waals surface area contributed by atoms with Crippen LogP contribution < -0.4 is 4.90 Å². The predicted octanol–water partition coefficient (Wildman–Crippen LogP) is 5.23. The first-order valence-electron chi connectivity index (χ1n) is 10.1. The van der Waals surface area contributed by atoms with Gasteiger partial charge in [0.15, 0.2) is 4.34 Å². The van der Waals surface area contributed by atoms with Crippen LogP contribution in [0.5, 0.6) is 0 Å². The maximum atomic E-state index is 13.1. The van der Waals surface area contributed by atoms with Crippen LogP contribution >= 0.6 is 34.7 Å². The van der Waals surface area contributed by atoms with Gasteiger partial charge in [-0.15, -0.1) is 10.2 Å². The molecule has 0 aliphatic carbocycles. The van der Waals surface area contributed by atoms with Crippen molar-refractivity contribution in [3.63, 3.8) is 0 Å². The van der Waals surface area contributed by atoms with Crippen molar-refractivity contribution in [3.8, 4) is 0 Å². The van der Waals surface area contributed by atoms with Crippen molar-refractivity contribution >= 4 is 63.0 Å². The molecule has 174 valence electrons. The van der Waals surface area contributed by atoms with E-state index in [0.717, 1.165) is 12.2 Å². The minimum Gasteiger partial charge on any atom is -0.507 e. The zero-order valence-electron chi connectivity index (χ0n) is 17.7. The molecule has 0 saturated carbocycles. The number of rotatable bonds is 7. The highest BCUT2D eigenvalue weighted by Crippen LogP contribution is 2.44. The second-order valence-corrected chi connectivity index (χ2v) is 9.96. The molecule has 2 heterocycles. The van der Waals surface area contributed by atoms with Crippen molar-refractivity contribution in [2.45, 2.75) is 23.7 Å². The zero-order chi connectivity index (χ0) is 24.4. The number of hydrogen-bond acceptors (Lipinski definition) is 9. The van der Waals surface area contributed by atoms with Gasteiger partial charge in [0.25, 0.3) is 11.5 Å². The van der Waals surface area contributed by atoms with Crippen molar-refractivity contribution in [2.24, 2.45) is 0 Å². The Morgan fingerprint density at radius 2 is 1.85 bits per heavy atom. The number of aromatic nitrogens is 2. The van der Waals surface area contributed by atoms with E-state index in [1.54, 1.807) is 24.3 Å². The molecule has 1 saturated heterocycles. The van der Waals surface area contributed by atoms with E-state index in [1.807, 2.05) is 6.92 Å². The number of Topliss-reactive ketones (excluding diaryl/α,β-unsaturated/α-hetero) is 1. The fraction of sp³-hybridized carbons (Fsp3) is 0.182. The summed E-state index contributed by atoms with van der Waals surface area (Å²) in [7, 11) is 0. The van der Waals surface area contributed by atoms with Crippen LogP contribution in [0.1, 0.15) is 30.5 Å².